The predicted molar refractivity (Wildman–Crippen MR) is 71.4 cm³/mol. The second-order valence-electron chi connectivity index (χ2n) is 5.77. The van der Waals surface area contributed by atoms with Crippen LogP contribution in [0.2, 0.25) is 0 Å². The standard InChI is InChI=1S/C12H23N3O2S/c1-12(2,15-18(3,16)17)9-14-11-7-5-4-6-10(11)8-13/h10-11,14-15H,4-7,9H2,1-3H3. The third kappa shape index (κ3) is 5.34. The van der Waals surface area contributed by atoms with E-state index in [1.54, 1.807) is 0 Å². The van der Waals surface area contributed by atoms with Crippen molar-refractivity contribution < 1.29 is 8.42 Å². The average Bonchev–Trinajstić information content (AvgIpc) is 2.23. The normalized spacial score (nSPS) is 25.7. The molecule has 18 heavy (non-hydrogen) atoms. The maximum Gasteiger partial charge on any atom is 0.209 e. The molecule has 0 aliphatic heterocycles. The highest BCUT2D eigenvalue weighted by atomic mass is 32.2. The molecule has 1 rings (SSSR count). The summed E-state index contributed by atoms with van der Waals surface area (Å²) in [6.45, 7) is 4.21. The molecule has 0 aromatic carbocycles. The van der Waals surface area contributed by atoms with E-state index in [0.717, 1.165) is 31.9 Å². The Morgan fingerprint density at radius 1 is 1.33 bits per heavy atom. The van der Waals surface area contributed by atoms with E-state index in [-0.39, 0.29) is 12.0 Å². The molecule has 0 radical (unpaired) electrons. The Kier molecular flexibility index (Phi) is 5.14. The fraction of sp³-hybridized carbons (Fsp3) is 0.917. The molecule has 0 spiro atoms. The van der Waals surface area contributed by atoms with Crippen molar-refractivity contribution in [2.24, 2.45) is 5.92 Å². The highest BCUT2D eigenvalue weighted by Crippen LogP contribution is 2.24. The summed E-state index contributed by atoms with van der Waals surface area (Å²) < 4.78 is 25.0. The third-order valence-electron chi connectivity index (χ3n) is 3.20. The van der Waals surface area contributed by atoms with E-state index < -0.39 is 15.6 Å². The van der Waals surface area contributed by atoms with Crippen LogP contribution in [-0.2, 0) is 10.0 Å². The van der Waals surface area contributed by atoms with Gasteiger partial charge in [-0.1, -0.05) is 12.8 Å². The first-order chi connectivity index (χ1) is 8.23. The minimum absolute atomic E-state index is 0.0489. The van der Waals surface area contributed by atoms with Crippen LogP contribution in [0.3, 0.4) is 0 Å². The largest absolute Gasteiger partial charge is 0.311 e. The second-order valence-corrected chi connectivity index (χ2v) is 7.51. The molecule has 2 unspecified atom stereocenters. The minimum atomic E-state index is -3.21. The van der Waals surface area contributed by atoms with Crippen LogP contribution in [0.1, 0.15) is 39.5 Å². The lowest BCUT2D eigenvalue weighted by Gasteiger charge is -2.32. The first-order valence-corrected chi connectivity index (χ1v) is 8.25. The van der Waals surface area contributed by atoms with Gasteiger partial charge in [0.1, 0.15) is 0 Å². The van der Waals surface area contributed by atoms with Gasteiger partial charge in [-0.3, -0.25) is 0 Å². The van der Waals surface area contributed by atoms with Crippen LogP contribution < -0.4 is 10.0 Å². The maximum absolute atomic E-state index is 11.2. The highest BCUT2D eigenvalue weighted by Gasteiger charge is 2.28. The van der Waals surface area contributed by atoms with E-state index in [4.69, 9.17) is 5.26 Å². The van der Waals surface area contributed by atoms with Crippen molar-refractivity contribution in [1.82, 2.24) is 10.0 Å². The second kappa shape index (κ2) is 6.00. The first-order valence-electron chi connectivity index (χ1n) is 6.35. The van der Waals surface area contributed by atoms with Crippen LogP contribution in [0.25, 0.3) is 0 Å². The number of hydrogen-bond donors (Lipinski definition) is 2. The molecule has 0 amide bonds. The number of hydrogen-bond acceptors (Lipinski definition) is 4. The molecule has 1 fully saturated rings. The van der Waals surface area contributed by atoms with Crippen molar-refractivity contribution in [3.63, 3.8) is 0 Å². The van der Waals surface area contributed by atoms with E-state index in [0.29, 0.717) is 6.54 Å². The quantitative estimate of drug-likeness (QED) is 0.782. The van der Waals surface area contributed by atoms with Crippen molar-refractivity contribution in [1.29, 1.82) is 5.26 Å². The number of nitriles is 1. The van der Waals surface area contributed by atoms with Gasteiger partial charge in [0, 0.05) is 18.1 Å². The van der Waals surface area contributed by atoms with E-state index in [9.17, 15) is 8.42 Å². The minimum Gasteiger partial charge on any atom is -0.311 e. The number of nitrogens with one attached hydrogen (secondary N) is 2. The van der Waals surface area contributed by atoms with Crippen molar-refractivity contribution >= 4 is 10.0 Å². The summed E-state index contributed by atoms with van der Waals surface area (Å²) in [6.07, 6.45) is 5.34. The van der Waals surface area contributed by atoms with E-state index in [1.807, 2.05) is 13.8 Å². The molecular weight excluding hydrogens is 250 g/mol. The molecule has 1 saturated carbocycles. The molecule has 2 N–H and O–H groups in total. The van der Waals surface area contributed by atoms with Gasteiger partial charge in [0.2, 0.25) is 10.0 Å². The SMILES string of the molecule is CC(C)(CNC1CCCCC1C#N)NS(C)(=O)=O. The van der Waals surface area contributed by atoms with Crippen molar-refractivity contribution in [3.05, 3.63) is 0 Å². The summed E-state index contributed by atoms with van der Waals surface area (Å²) in [5, 5.41) is 12.4. The Morgan fingerprint density at radius 2 is 1.94 bits per heavy atom. The Morgan fingerprint density at radius 3 is 2.50 bits per heavy atom. The monoisotopic (exact) mass is 273 g/mol. The van der Waals surface area contributed by atoms with Crippen molar-refractivity contribution in [3.8, 4) is 6.07 Å². The first kappa shape index (κ1) is 15.4. The van der Waals surface area contributed by atoms with Crippen molar-refractivity contribution in [2.45, 2.75) is 51.1 Å². The Hall–Kier alpha value is -0.640. The molecule has 5 nitrogen and oxygen atoms in total. The van der Waals surface area contributed by atoms with Crippen LogP contribution in [0.4, 0.5) is 0 Å². The summed E-state index contributed by atoms with van der Waals surface area (Å²) in [7, 11) is -3.21. The molecular formula is C12H23N3O2S. The van der Waals surface area contributed by atoms with Gasteiger partial charge in [-0.15, -0.1) is 0 Å². The van der Waals surface area contributed by atoms with Crippen LogP contribution in [-0.4, -0.2) is 32.8 Å². The molecule has 0 heterocycles. The van der Waals surface area contributed by atoms with Crippen LogP contribution in [0.5, 0.6) is 0 Å². The molecule has 0 aromatic rings. The summed E-state index contributed by atoms with van der Waals surface area (Å²) in [5.74, 6) is 0.0489. The van der Waals surface area contributed by atoms with E-state index in [1.165, 1.54) is 0 Å². The van der Waals surface area contributed by atoms with Gasteiger partial charge in [0.15, 0.2) is 0 Å². The Balaban J connectivity index is 2.51. The highest BCUT2D eigenvalue weighted by molar-refractivity contribution is 7.88. The lowest BCUT2D eigenvalue weighted by Crippen LogP contribution is -2.53. The van der Waals surface area contributed by atoms with Gasteiger partial charge in [0.05, 0.1) is 18.2 Å². The van der Waals surface area contributed by atoms with E-state index in [2.05, 4.69) is 16.1 Å². The van der Waals surface area contributed by atoms with Crippen LogP contribution in [0.15, 0.2) is 0 Å². The lowest BCUT2D eigenvalue weighted by atomic mass is 9.85. The zero-order valence-electron chi connectivity index (χ0n) is 11.4. The zero-order valence-corrected chi connectivity index (χ0v) is 12.2. The smallest absolute Gasteiger partial charge is 0.209 e. The summed E-state index contributed by atoms with van der Waals surface area (Å²) in [4.78, 5) is 0. The predicted octanol–water partition coefficient (Wildman–Crippen LogP) is 0.986. The number of rotatable bonds is 5. The zero-order chi connectivity index (χ0) is 13.8. The molecule has 2 atom stereocenters. The molecule has 1 aliphatic rings. The van der Waals surface area contributed by atoms with Gasteiger partial charge < -0.3 is 5.32 Å². The topological polar surface area (TPSA) is 82.0 Å². The van der Waals surface area contributed by atoms with Gasteiger partial charge in [-0.25, -0.2) is 13.1 Å². The molecule has 104 valence electrons. The maximum atomic E-state index is 11.2. The lowest BCUT2D eigenvalue weighted by molar-refractivity contribution is 0.287. The summed E-state index contributed by atoms with van der Waals surface area (Å²) in [6, 6.07) is 2.52. The molecule has 0 aromatic heterocycles. The number of sulfonamides is 1. The molecule has 1 aliphatic carbocycles. The van der Waals surface area contributed by atoms with Gasteiger partial charge >= 0.3 is 0 Å². The summed E-state index contributed by atoms with van der Waals surface area (Å²) >= 11 is 0. The fourth-order valence-corrected chi connectivity index (χ4v) is 3.53. The molecule has 0 bridgehead atoms. The summed E-state index contributed by atoms with van der Waals surface area (Å²) in [5.41, 5.74) is -0.537. The molecule has 0 saturated heterocycles. The van der Waals surface area contributed by atoms with Gasteiger partial charge in [-0.05, 0) is 26.7 Å². The third-order valence-corrected chi connectivity index (χ3v) is 4.12. The van der Waals surface area contributed by atoms with Crippen LogP contribution >= 0.6 is 0 Å². The van der Waals surface area contributed by atoms with Crippen molar-refractivity contribution in [2.75, 3.05) is 12.8 Å². The average molecular weight is 273 g/mol. The van der Waals surface area contributed by atoms with E-state index >= 15 is 0 Å². The number of nitrogens with zero attached hydrogens (tertiary/aromatic N) is 1. The van der Waals surface area contributed by atoms with Gasteiger partial charge in [0.25, 0.3) is 0 Å². The van der Waals surface area contributed by atoms with Crippen LogP contribution in [0, 0.1) is 17.2 Å². The Labute approximate surface area is 110 Å². The Bertz CT molecular complexity index is 412. The van der Waals surface area contributed by atoms with Gasteiger partial charge in [-0.2, -0.15) is 5.26 Å². The molecule has 6 heteroatoms. The fourth-order valence-electron chi connectivity index (χ4n) is 2.45.